The second kappa shape index (κ2) is 7.56. The number of halogens is 3. The average Bonchev–Trinajstić information content (AvgIpc) is 3.06. The molecule has 0 aliphatic rings. The summed E-state index contributed by atoms with van der Waals surface area (Å²) in [6, 6.07) is 4.72. The van der Waals surface area contributed by atoms with Crippen LogP contribution in [0.25, 0.3) is 11.3 Å². The number of alkyl halides is 3. The number of benzene rings is 1. The fraction of sp³-hybridized carbons (Fsp3) is 0.222. The van der Waals surface area contributed by atoms with E-state index >= 15 is 0 Å². The predicted octanol–water partition coefficient (Wildman–Crippen LogP) is 2.75. The highest BCUT2D eigenvalue weighted by Crippen LogP contribution is 2.29. The minimum Gasteiger partial charge on any atom is -0.350 e. The van der Waals surface area contributed by atoms with Gasteiger partial charge in [0.05, 0.1) is 36.1 Å². The Kier molecular flexibility index (Phi) is 5.20. The number of hydrogen-bond donors (Lipinski definition) is 1. The van der Waals surface area contributed by atoms with Gasteiger partial charge < -0.3 is 5.32 Å². The molecule has 1 aromatic carbocycles. The lowest BCUT2D eigenvalue weighted by atomic mass is 10.1. The number of nitrogens with zero attached hydrogens (tertiary/aromatic N) is 4. The molecule has 2 heterocycles. The number of hydrogen-bond acceptors (Lipinski definition) is 4. The van der Waals surface area contributed by atoms with Crippen LogP contribution in [-0.4, -0.2) is 25.7 Å². The Hall–Kier alpha value is -3.23. The van der Waals surface area contributed by atoms with Gasteiger partial charge in [-0.2, -0.15) is 18.3 Å². The third-order valence-electron chi connectivity index (χ3n) is 3.82. The van der Waals surface area contributed by atoms with E-state index in [9.17, 15) is 18.0 Å². The highest BCUT2D eigenvalue weighted by Gasteiger charge is 2.30. The van der Waals surface area contributed by atoms with Crippen molar-refractivity contribution >= 4 is 5.91 Å². The molecule has 1 N–H and O–H groups in total. The van der Waals surface area contributed by atoms with Gasteiger partial charge in [-0.15, -0.1) is 0 Å². The SMILES string of the molecule is Cn1cc(-c2nccnc2CNC(=O)Cc2cccc(C(F)(F)F)c2)cn1. The molecule has 9 heteroatoms. The van der Waals surface area contributed by atoms with Gasteiger partial charge in [-0.1, -0.05) is 18.2 Å². The fourth-order valence-corrected chi connectivity index (χ4v) is 2.57. The number of aryl methyl sites for hydroxylation is 1. The summed E-state index contributed by atoms with van der Waals surface area (Å²) in [5.41, 5.74) is 1.40. The number of carbonyl (C=O) groups is 1. The molecule has 0 aliphatic heterocycles. The molecule has 0 saturated carbocycles. The van der Waals surface area contributed by atoms with Crippen molar-refractivity contribution in [2.75, 3.05) is 0 Å². The minimum atomic E-state index is -4.44. The number of rotatable bonds is 5. The second-order valence-electron chi connectivity index (χ2n) is 5.91. The Labute approximate surface area is 153 Å². The van der Waals surface area contributed by atoms with Gasteiger partial charge in [-0.25, -0.2) is 0 Å². The molecule has 3 aromatic rings. The van der Waals surface area contributed by atoms with Crippen LogP contribution in [-0.2, 0) is 31.0 Å². The molecule has 0 atom stereocenters. The molecule has 1 amide bonds. The first kappa shape index (κ1) is 18.6. The zero-order valence-electron chi connectivity index (χ0n) is 14.4. The quantitative estimate of drug-likeness (QED) is 0.744. The summed E-state index contributed by atoms with van der Waals surface area (Å²) < 4.78 is 39.9. The molecule has 2 aromatic heterocycles. The maximum absolute atomic E-state index is 12.8. The lowest BCUT2D eigenvalue weighted by Gasteiger charge is -2.10. The van der Waals surface area contributed by atoms with Gasteiger partial charge >= 0.3 is 6.18 Å². The molecule has 0 saturated heterocycles. The van der Waals surface area contributed by atoms with E-state index < -0.39 is 17.6 Å². The standard InChI is InChI=1S/C18H16F3N5O/c1-26-11-13(9-25-26)17-15(22-5-6-23-17)10-24-16(27)8-12-3-2-4-14(7-12)18(19,20)21/h2-7,9,11H,8,10H2,1H3,(H,24,27). The fourth-order valence-electron chi connectivity index (χ4n) is 2.57. The highest BCUT2D eigenvalue weighted by molar-refractivity contribution is 5.78. The Bertz CT molecular complexity index is 952. The number of nitrogens with one attached hydrogen (secondary N) is 1. The van der Waals surface area contributed by atoms with E-state index in [2.05, 4.69) is 20.4 Å². The molecular formula is C18H16F3N5O. The van der Waals surface area contributed by atoms with Crippen molar-refractivity contribution in [3.05, 3.63) is 65.9 Å². The van der Waals surface area contributed by atoms with Crippen LogP contribution in [0.3, 0.4) is 0 Å². The first-order valence-electron chi connectivity index (χ1n) is 8.04. The van der Waals surface area contributed by atoms with E-state index in [4.69, 9.17) is 0 Å². The molecule has 140 valence electrons. The van der Waals surface area contributed by atoms with Crippen molar-refractivity contribution in [2.24, 2.45) is 7.05 Å². The van der Waals surface area contributed by atoms with Crippen molar-refractivity contribution in [1.82, 2.24) is 25.1 Å². The summed E-state index contributed by atoms with van der Waals surface area (Å²) in [6.45, 7) is 0.107. The molecule has 0 bridgehead atoms. The van der Waals surface area contributed by atoms with Crippen molar-refractivity contribution in [3.63, 3.8) is 0 Å². The maximum atomic E-state index is 12.8. The minimum absolute atomic E-state index is 0.107. The monoisotopic (exact) mass is 375 g/mol. The van der Waals surface area contributed by atoms with Gasteiger partial charge in [0, 0.05) is 31.2 Å². The third-order valence-corrected chi connectivity index (χ3v) is 3.82. The average molecular weight is 375 g/mol. The van der Waals surface area contributed by atoms with E-state index in [0.29, 0.717) is 11.4 Å². The normalized spacial score (nSPS) is 11.4. The molecule has 3 rings (SSSR count). The van der Waals surface area contributed by atoms with Crippen molar-refractivity contribution in [3.8, 4) is 11.3 Å². The summed E-state index contributed by atoms with van der Waals surface area (Å²) in [7, 11) is 1.77. The Balaban J connectivity index is 1.67. The smallest absolute Gasteiger partial charge is 0.350 e. The first-order valence-corrected chi connectivity index (χ1v) is 8.04. The van der Waals surface area contributed by atoms with Crippen LogP contribution in [0.1, 0.15) is 16.8 Å². The van der Waals surface area contributed by atoms with Gasteiger partial charge in [0.25, 0.3) is 0 Å². The topological polar surface area (TPSA) is 72.7 Å². The molecule has 0 unspecified atom stereocenters. The maximum Gasteiger partial charge on any atom is 0.416 e. The zero-order chi connectivity index (χ0) is 19.4. The Morgan fingerprint density at radius 2 is 2.00 bits per heavy atom. The Morgan fingerprint density at radius 3 is 2.70 bits per heavy atom. The lowest BCUT2D eigenvalue weighted by molar-refractivity contribution is -0.137. The molecule has 0 radical (unpaired) electrons. The summed E-state index contributed by atoms with van der Waals surface area (Å²) in [4.78, 5) is 20.6. The van der Waals surface area contributed by atoms with E-state index in [1.54, 1.807) is 24.1 Å². The summed E-state index contributed by atoms with van der Waals surface area (Å²) in [5, 5.41) is 6.76. The van der Waals surface area contributed by atoms with Gasteiger partial charge in [-0.05, 0) is 11.6 Å². The van der Waals surface area contributed by atoms with Crippen LogP contribution >= 0.6 is 0 Å². The van der Waals surface area contributed by atoms with Gasteiger partial charge in [0.15, 0.2) is 0 Å². The highest BCUT2D eigenvalue weighted by atomic mass is 19.4. The third kappa shape index (κ3) is 4.69. The van der Waals surface area contributed by atoms with Crippen molar-refractivity contribution in [1.29, 1.82) is 0 Å². The number of amides is 1. The number of carbonyl (C=O) groups excluding carboxylic acids is 1. The largest absolute Gasteiger partial charge is 0.416 e. The van der Waals surface area contributed by atoms with Crippen LogP contribution in [0.15, 0.2) is 49.1 Å². The van der Waals surface area contributed by atoms with E-state index in [-0.39, 0.29) is 18.5 Å². The second-order valence-corrected chi connectivity index (χ2v) is 5.91. The Morgan fingerprint density at radius 1 is 1.22 bits per heavy atom. The number of aromatic nitrogens is 4. The van der Waals surface area contributed by atoms with Gasteiger partial charge in [-0.3, -0.25) is 19.4 Å². The van der Waals surface area contributed by atoms with Crippen LogP contribution in [0.5, 0.6) is 0 Å². The van der Waals surface area contributed by atoms with Gasteiger partial charge in [0.1, 0.15) is 0 Å². The molecule has 6 nitrogen and oxygen atoms in total. The first-order chi connectivity index (χ1) is 12.8. The molecule has 0 fully saturated rings. The van der Waals surface area contributed by atoms with Gasteiger partial charge in [0.2, 0.25) is 5.91 Å². The van der Waals surface area contributed by atoms with E-state index in [1.807, 2.05) is 0 Å². The van der Waals surface area contributed by atoms with Crippen LogP contribution < -0.4 is 5.32 Å². The zero-order valence-corrected chi connectivity index (χ0v) is 14.4. The van der Waals surface area contributed by atoms with Crippen molar-refractivity contribution < 1.29 is 18.0 Å². The van der Waals surface area contributed by atoms with E-state index in [0.717, 1.165) is 17.7 Å². The van der Waals surface area contributed by atoms with E-state index in [1.165, 1.54) is 24.5 Å². The summed E-state index contributed by atoms with van der Waals surface area (Å²) in [6.07, 6.45) is 1.86. The molecule has 0 spiro atoms. The molecule has 0 aliphatic carbocycles. The van der Waals surface area contributed by atoms with Crippen LogP contribution in [0.4, 0.5) is 13.2 Å². The van der Waals surface area contributed by atoms with Crippen LogP contribution in [0.2, 0.25) is 0 Å². The molecule has 27 heavy (non-hydrogen) atoms. The lowest BCUT2D eigenvalue weighted by Crippen LogP contribution is -2.25. The van der Waals surface area contributed by atoms with Crippen molar-refractivity contribution in [2.45, 2.75) is 19.1 Å². The summed E-state index contributed by atoms with van der Waals surface area (Å²) >= 11 is 0. The predicted molar refractivity (Wildman–Crippen MR) is 91.2 cm³/mol. The summed E-state index contributed by atoms with van der Waals surface area (Å²) in [5.74, 6) is -0.405. The molecular weight excluding hydrogens is 359 g/mol. The van der Waals surface area contributed by atoms with Crippen LogP contribution in [0, 0.1) is 0 Å².